The van der Waals surface area contributed by atoms with Crippen LogP contribution in [0, 0.1) is 11.5 Å². The van der Waals surface area contributed by atoms with Crippen LogP contribution in [0.1, 0.15) is 30.5 Å². The van der Waals surface area contributed by atoms with Gasteiger partial charge in [0, 0.05) is 5.56 Å². The molecule has 1 amide bonds. The van der Waals surface area contributed by atoms with Crippen LogP contribution in [-0.2, 0) is 5.54 Å². The molecule has 1 aliphatic carbocycles. The number of nitrogens with one attached hydrogen (secondary N) is 1. The van der Waals surface area contributed by atoms with Crippen LogP contribution in [0.5, 0.6) is 0 Å². The van der Waals surface area contributed by atoms with Gasteiger partial charge in [0.15, 0.2) is 0 Å². The van der Waals surface area contributed by atoms with E-state index in [9.17, 15) is 9.90 Å². The number of benzene rings is 2. The SMILES string of the molecule is C[Si](C)(C)C#Cc1cnc2oc(-c3ccc(C4(NC(=O)O)CCC4)cc3)c(-c3ccccc3)c2n1. The summed E-state index contributed by atoms with van der Waals surface area (Å²) in [6.07, 6.45) is 3.27. The van der Waals surface area contributed by atoms with Gasteiger partial charge in [-0.1, -0.05) is 80.2 Å². The van der Waals surface area contributed by atoms with Crippen molar-refractivity contribution in [1.29, 1.82) is 0 Å². The first-order valence-electron chi connectivity index (χ1n) is 11.7. The lowest BCUT2D eigenvalue weighted by atomic mass is 9.72. The summed E-state index contributed by atoms with van der Waals surface area (Å²) >= 11 is 0. The van der Waals surface area contributed by atoms with Crippen LogP contribution in [0.4, 0.5) is 4.79 Å². The highest BCUT2D eigenvalue weighted by atomic mass is 28.3. The molecule has 0 bridgehead atoms. The van der Waals surface area contributed by atoms with Gasteiger partial charge in [0.1, 0.15) is 25.0 Å². The molecule has 4 aromatic rings. The van der Waals surface area contributed by atoms with Gasteiger partial charge < -0.3 is 14.8 Å². The molecule has 2 N–H and O–H groups in total. The molecule has 0 saturated heterocycles. The number of rotatable bonds is 4. The number of nitrogens with zero attached hydrogens (tertiary/aromatic N) is 2. The number of amides is 1. The van der Waals surface area contributed by atoms with Crippen LogP contribution in [0.3, 0.4) is 0 Å². The molecule has 1 fully saturated rings. The Balaban J connectivity index is 1.62. The predicted octanol–water partition coefficient (Wildman–Crippen LogP) is 6.43. The lowest BCUT2D eigenvalue weighted by Gasteiger charge is -2.42. The Morgan fingerprint density at radius 1 is 1.06 bits per heavy atom. The molecule has 0 aliphatic heterocycles. The number of furan rings is 1. The minimum absolute atomic E-state index is 0.462. The Morgan fingerprint density at radius 2 is 1.77 bits per heavy atom. The average Bonchev–Trinajstić information content (AvgIpc) is 3.19. The summed E-state index contributed by atoms with van der Waals surface area (Å²) < 4.78 is 6.25. The van der Waals surface area contributed by atoms with Crippen LogP contribution >= 0.6 is 0 Å². The van der Waals surface area contributed by atoms with Crippen molar-refractivity contribution in [3.8, 4) is 33.9 Å². The van der Waals surface area contributed by atoms with Gasteiger partial charge in [0.05, 0.1) is 17.3 Å². The maximum atomic E-state index is 11.4. The monoisotopic (exact) mass is 481 g/mol. The van der Waals surface area contributed by atoms with E-state index in [1.807, 2.05) is 54.6 Å². The molecular formula is C28H27N3O3Si. The zero-order chi connectivity index (χ0) is 24.6. The number of fused-ring (bicyclic) bond motifs is 1. The smallest absolute Gasteiger partial charge is 0.405 e. The third-order valence-electron chi connectivity index (χ3n) is 6.28. The zero-order valence-corrected chi connectivity index (χ0v) is 21.1. The normalized spacial score (nSPS) is 14.6. The van der Waals surface area contributed by atoms with Gasteiger partial charge in [-0.25, -0.2) is 14.8 Å². The number of carbonyl (C=O) groups is 1. The first-order valence-corrected chi connectivity index (χ1v) is 15.2. The van der Waals surface area contributed by atoms with E-state index in [4.69, 9.17) is 9.40 Å². The van der Waals surface area contributed by atoms with Crippen LogP contribution in [0.25, 0.3) is 33.7 Å². The molecule has 1 aliphatic rings. The number of hydrogen-bond acceptors (Lipinski definition) is 4. The van der Waals surface area contributed by atoms with Crippen molar-refractivity contribution in [3.63, 3.8) is 0 Å². The fraction of sp³-hybridized carbons (Fsp3) is 0.250. The Hall–Kier alpha value is -3.89. The van der Waals surface area contributed by atoms with E-state index in [1.54, 1.807) is 6.20 Å². The first kappa shape index (κ1) is 22.9. The van der Waals surface area contributed by atoms with Crippen molar-refractivity contribution in [2.75, 3.05) is 0 Å². The molecule has 2 heterocycles. The molecule has 2 aromatic heterocycles. The van der Waals surface area contributed by atoms with Crippen LogP contribution in [0.2, 0.25) is 19.6 Å². The van der Waals surface area contributed by atoms with Crippen molar-refractivity contribution >= 4 is 25.4 Å². The molecule has 35 heavy (non-hydrogen) atoms. The summed E-state index contributed by atoms with van der Waals surface area (Å²) in [6.45, 7) is 6.59. The molecule has 5 rings (SSSR count). The number of carboxylic acid groups (broad SMARTS) is 1. The summed E-state index contributed by atoms with van der Waals surface area (Å²) in [5.41, 5.74) is 8.33. The van der Waals surface area contributed by atoms with E-state index in [-0.39, 0.29) is 0 Å². The summed E-state index contributed by atoms with van der Waals surface area (Å²) in [7, 11) is -1.56. The maximum Gasteiger partial charge on any atom is 0.405 e. The van der Waals surface area contributed by atoms with Crippen LogP contribution in [0.15, 0.2) is 65.2 Å². The molecule has 6 nitrogen and oxygen atoms in total. The van der Waals surface area contributed by atoms with Gasteiger partial charge in [-0.3, -0.25) is 0 Å². The fourth-order valence-electron chi connectivity index (χ4n) is 4.42. The summed E-state index contributed by atoms with van der Waals surface area (Å²) in [5.74, 6) is 3.88. The molecule has 0 radical (unpaired) electrons. The molecule has 0 spiro atoms. The maximum absolute atomic E-state index is 11.4. The first-order chi connectivity index (χ1) is 16.7. The van der Waals surface area contributed by atoms with E-state index < -0.39 is 19.7 Å². The lowest BCUT2D eigenvalue weighted by molar-refractivity contribution is 0.144. The molecule has 176 valence electrons. The standard InChI is InChI=1S/C28H27N3O3Si/c1-35(2,3)17-14-22-18-29-26-24(30-22)23(19-8-5-4-6-9-19)25(34-26)20-10-12-21(13-11-20)28(15-7-16-28)31-27(32)33/h4-6,8-13,18,31H,7,15-16H2,1-3H3,(H,32,33). The molecular weight excluding hydrogens is 454 g/mol. The lowest BCUT2D eigenvalue weighted by Crippen LogP contribution is -2.50. The summed E-state index contributed by atoms with van der Waals surface area (Å²) in [5, 5.41) is 12.0. The van der Waals surface area contributed by atoms with Crippen molar-refractivity contribution in [1.82, 2.24) is 15.3 Å². The summed E-state index contributed by atoms with van der Waals surface area (Å²) in [4.78, 5) is 20.7. The third-order valence-corrected chi connectivity index (χ3v) is 7.16. The van der Waals surface area contributed by atoms with E-state index >= 15 is 0 Å². The molecule has 7 heteroatoms. The van der Waals surface area contributed by atoms with Gasteiger partial charge in [-0.2, -0.15) is 0 Å². The van der Waals surface area contributed by atoms with E-state index in [1.165, 1.54) is 0 Å². The van der Waals surface area contributed by atoms with Gasteiger partial charge >= 0.3 is 6.09 Å². The second-order valence-electron chi connectivity index (χ2n) is 10.0. The highest BCUT2D eigenvalue weighted by molar-refractivity contribution is 6.83. The van der Waals surface area contributed by atoms with Gasteiger partial charge in [-0.15, -0.1) is 5.54 Å². The van der Waals surface area contributed by atoms with E-state index in [0.29, 0.717) is 22.7 Å². The molecule has 2 aromatic carbocycles. The van der Waals surface area contributed by atoms with Gasteiger partial charge in [0.25, 0.3) is 0 Å². The van der Waals surface area contributed by atoms with Gasteiger partial charge in [-0.05, 0) is 30.4 Å². The minimum Gasteiger partial charge on any atom is -0.465 e. The van der Waals surface area contributed by atoms with E-state index in [2.05, 4.69) is 41.4 Å². The topological polar surface area (TPSA) is 88.2 Å². The van der Waals surface area contributed by atoms with Crippen LogP contribution in [-0.4, -0.2) is 29.2 Å². The van der Waals surface area contributed by atoms with Crippen molar-refractivity contribution < 1.29 is 14.3 Å². The summed E-state index contributed by atoms with van der Waals surface area (Å²) in [6, 6.07) is 17.9. The molecule has 0 unspecified atom stereocenters. The quantitative estimate of drug-likeness (QED) is 0.259. The van der Waals surface area contributed by atoms with Crippen molar-refractivity contribution in [2.24, 2.45) is 0 Å². The Bertz CT molecular complexity index is 1460. The highest BCUT2D eigenvalue weighted by Crippen LogP contribution is 2.43. The fourth-order valence-corrected chi connectivity index (χ4v) is 4.92. The molecule has 0 atom stereocenters. The Labute approximate surface area is 205 Å². The Morgan fingerprint density at radius 3 is 2.37 bits per heavy atom. The minimum atomic E-state index is -1.56. The largest absolute Gasteiger partial charge is 0.465 e. The highest BCUT2D eigenvalue weighted by Gasteiger charge is 2.40. The van der Waals surface area contributed by atoms with Crippen LogP contribution < -0.4 is 5.32 Å². The zero-order valence-electron chi connectivity index (χ0n) is 20.1. The second-order valence-corrected chi connectivity index (χ2v) is 14.8. The second kappa shape index (κ2) is 8.71. The number of hydrogen-bond donors (Lipinski definition) is 2. The van der Waals surface area contributed by atoms with Crippen molar-refractivity contribution in [2.45, 2.75) is 44.4 Å². The van der Waals surface area contributed by atoms with E-state index in [0.717, 1.165) is 41.5 Å². The third kappa shape index (κ3) is 4.57. The average molecular weight is 482 g/mol. The molecule has 1 saturated carbocycles. The van der Waals surface area contributed by atoms with Crippen molar-refractivity contribution in [3.05, 3.63) is 72.1 Å². The number of aromatic nitrogens is 2. The predicted molar refractivity (Wildman–Crippen MR) is 140 cm³/mol. The van der Waals surface area contributed by atoms with Gasteiger partial charge in [0.2, 0.25) is 5.71 Å². The Kier molecular flexibility index (Phi) is 5.69.